The van der Waals surface area contributed by atoms with Crippen molar-refractivity contribution in [1.82, 2.24) is 5.32 Å². The van der Waals surface area contributed by atoms with Gasteiger partial charge in [-0.05, 0) is 25.7 Å². The maximum atomic E-state index is 5.66. The summed E-state index contributed by atoms with van der Waals surface area (Å²) in [5, 5.41) is 3.24. The summed E-state index contributed by atoms with van der Waals surface area (Å²) in [6.45, 7) is 1.00. The maximum absolute atomic E-state index is 5.66. The summed E-state index contributed by atoms with van der Waals surface area (Å²) >= 11 is 0. The number of ether oxygens (including phenoxy) is 1. The fourth-order valence-electron chi connectivity index (χ4n) is 2.00. The standard InChI is InChI=1S/C9H15NO/c1-2-4-9(5-3-1)8-10-6-7-11-9/h6-7,10H,1-5,8H2. The third kappa shape index (κ3) is 1.35. The summed E-state index contributed by atoms with van der Waals surface area (Å²) in [4.78, 5) is 0. The first-order valence-corrected chi connectivity index (χ1v) is 4.48. The number of hydrogen-bond acceptors (Lipinski definition) is 2. The second kappa shape index (κ2) is 2.76. The molecule has 1 spiro atoms. The number of rotatable bonds is 0. The van der Waals surface area contributed by atoms with Gasteiger partial charge in [0.1, 0.15) is 5.60 Å². The summed E-state index contributed by atoms with van der Waals surface area (Å²) in [5.74, 6) is 0. The smallest absolute Gasteiger partial charge is 0.125 e. The van der Waals surface area contributed by atoms with Crippen LogP contribution in [0, 0.1) is 0 Å². The van der Waals surface area contributed by atoms with Crippen LogP contribution in [-0.4, -0.2) is 12.1 Å². The van der Waals surface area contributed by atoms with Crippen molar-refractivity contribution in [1.29, 1.82) is 0 Å². The highest BCUT2D eigenvalue weighted by Crippen LogP contribution is 2.32. The molecular weight excluding hydrogens is 138 g/mol. The Bertz CT molecular complexity index is 159. The molecule has 11 heavy (non-hydrogen) atoms. The topological polar surface area (TPSA) is 21.3 Å². The molecular formula is C9H15NO. The average Bonchev–Trinajstić information content (AvgIpc) is 2.07. The summed E-state index contributed by atoms with van der Waals surface area (Å²) in [5.41, 5.74) is 0.160. The molecule has 0 aromatic heterocycles. The maximum Gasteiger partial charge on any atom is 0.125 e. The van der Waals surface area contributed by atoms with Gasteiger partial charge in [-0.1, -0.05) is 6.42 Å². The largest absolute Gasteiger partial charge is 0.492 e. The van der Waals surface area contributed by atoms with E-state index in [1.165, 1.54) is 32.1 Å². The number of nitrogens with one attached hydrogen (secondary N) is 1. The van der Waals surface area contributed by atoms with E-state index in [2.05, 4.69) is 5.32 Å². The third-order valence-electron chi connectivity index (χ3n) is 2.69. The molecule has 0 amide bonds. The first-order chi connectivity index (χ1) is 5.41. The Morgan fingerprint density at radius 3 is 2.64 bits per heavy atom. The molecule has 2 rings (SSSR count). The van der Waals surface area contributed by atoms with Gasteiger partial charge in [0.05, 0.1) is 12.8 Å². The molecule has 2 heteroatoms. The normalized spacial score (nSPS) is 27.6. The molecule has 0 aromatic rings. The first kappa shape index (κ1) is 7.01. The highest BCUT2D eigenvalue weighted by atomic mass is 16.5. The van der Waals surface area contributed by atoms with Gasteiger partial charge in [0.25, 0.3) is 0 Å². The average molecular weight is 153 g/mol. The molecule has 0 aromatic carbocycles. The Kier molecular flexibility index (Phi) is 1.76. The van der Waals surface area contributed by atoms with Gasteiger partial charge in [-0.2, -0.15) is 0 Å². The molecule has 1 N–H and O–H groups in total. The van der Waals surface area contributed by atoms with Gasteiger partial charge in [-0.3, -0.25) is 0 Å². The van der Waals surface area contributed by atoms with Crippen LogP contribution >= 0.6 is 0 Å². The minimum absolute atomic E-state index is 0.160. The van der Waals surface area contributed by atoms with Crippen molar-refractivity contribution < 1.29 is 4.74 Å². The molecule has 1 heterocycles. The summed E-state index contributed by atoms with van der Waals surface area (Å²) in [7, 11) is 0. The van der Waals surface area contributed by atoms with Gasteiger partial charge in [0.2, 0.25) is 0 Å². The van der Waals surface area contributed by atoms with E-state index in [-0.39, 0.29) is 5.60 Å². The summed E-state index contributed by atoms with van der Waals surface area (Å²) in [6.07, 6.45) is 10.2. The van der Waals surface area contributed by atoms with Crippen LogP contribution in [0.1, 0.15) is 32.1 Å². The molecule has 0 radical (unpaired) electrons. The van der Waals surface area contributed by atoms with E-state index in [0.29, 0.717) is 0 Å². The zero-order valence-electron chi connectivity index (χ0n) is 6.81. The molecule has 0 saturated heterocycles. The lowest BCUT2D eigenvalue weighted by Crippen LogP contribution is -2.44. The lowest BCUT2D eigenvalue weighted by molar-refractivity contribution is -0.0174. The molecule has 62 valence electrons. The molecule has 0 atom stereocenters. The van der Waals surface area contributed by atoms with Gasteiger partial charge in [-0.25, -0.2) is 0 Å². The SMILES string of the molecule is C1=COC2(CCCCC2)CN1. The molecule has 2 aliphatic rings. The first-order valence-electron chi connectivity index (χ1n) is 4.48. The fraction of sp³-hybridized carbons (Fsp3) is 0.778. The van der Waals surface area contributed by atoms with Crippen molar-refractivity contribution in [2.45, 2.75) is 37.7 Å². The molecule has 0 bridgehead atoms. The fourth-order valence-corrected chi connectivity index (χ4v) is 2.00. The molecule has 0 unspecified atom stereocenters. The molecule has 2 nitrogen and oxygen atoms in total. The second-order valence-corrected chi connectivity index (χ2v) is 3.55. The van der Waals surface area contributed by atoms with Gasteiger partial charge < -0.3 is 10.1 Å². The van der Waals surface area contributed by atoms with E-state index >= 15 is 0 Å². The van der Waals surface area contributed by atoms with Crippen LogP contribution in [0.3, 0.4) is 0 Å². The van der Waals surface area contributed by atoms with Crippen LogP contribution in [0.4, 0.5) is 0 Å². The van der Waals surface area contributed by atoms with Crippen molar-refractivity contribution in [2.24, 2.45) is 0 Å². The summed E-state index contributed by atoms with van der Waals surface area (Å²) in [6, 6.07) is 0. The predicted octanol–water partition coefficient (Wildman–Crippen LogP) is 1.78. The minimum Gasteiger partial charge on any atom is -0.492 e. The Hall–Kier alpha value is -0.660. The van der Waals surface area contributed by atoms with Gasteiger partial charge in [0.15, 0.2) is 0 Å². The summed E-state index contributed by atoms with van der Waals surface area (Å²) < 4.78 is 5.66. The van der Waals surface area contributed by atoms with E-state index in [1.54, 1.807) is 6.26 Å². The highest BCUT2D eigenvalue weighted by molar-refractivity contribution is 4.94. The van der Waals surface area contributed by atoms with E-state index in [4.69, 9.17) is 4.74 Å². The van der Waals surface area contributed by atoms with Crippen molar-refractivity contribution in [3.8, 4) is 0 Å². The highest BCUT2D eigenvalue weighted by Gasteiger charge is 2.33. The zero-order valence-corrected chi connectivity index (χ0v) is 6.81. The van der Waals surface area contributed by atoms with Crippen molar-refractivity contribution in [2.75, 3.05) is 6.54 Å². The van der Waals surface area contributed by atoms with Crippen LogP contribution in [0.15, 0.2) is 12.5 Å². The van der Waals surface area contributed by atoms with Crippen LogP contribution in [-0.2, 0) is 4.74 Å². The Balaban J connectivity index is 2.01. The van der Waals surface area contributed by atoms with Crippen LogP contribution < -0.4 is 5.32 Å². The van der Waals surface area contributed by atoms with Crippen LogP contribution in [0.2, 0.25) is 0 Å². The Morgan fingerprint density at radius 2 is 2.00 bits per heavy atom. The van der Waals surface area contributed by atoms with E-state index < -0.39 is 0 Å². The van der Waals surface area contributed by atoms with Crippen molar-refractivity contribution >= 4 is 0 Å². The van der Waals surface area contributed by atoms with Gasteiger partial charge >= 0.3 is 0 Å². The monoisotopic (exact) mass is 153 g/mol. The van der Waals surface area contributed by atoms with Gasteiger partial charge in [0, 0.05) is 6.20 Å². The minimum atomic E-state index is 0.160. The van der Waals surface area contributed by atoms with Crippen molar-refractivity contribution in [3.63, 3.8) is 0 Å². The zero-order chi connectivity index (χ0) is 7.57. The van der Waals surface area contributed by atoms with E-state index in [0.717, 1.165) is 6.54 Å². The molecule has 1 aliphatic carbocycles. The Labute approximate surface area is 67.6 Å². The molecule has 1 fully saturated rings. The van der Waals surface area contributed by atoms with Gasteiger partial charge in [-0.15, -0.1) is 0 Å². The van der Waals surface area contributed by atoms with Crippen molar-refractivity contribution in [3.05, 3.63) is 12.5 Å². The third-order valence-corrected chi connectivity index (χ3v) is 2.69. The predicted molar refractivity (Wildman–Crippen MR) is 44.0 cm³/mol. The van der Waals surface area contributed by atoms with E-state index in [1.807, 2.05) is 6.20 Å². The van der Waals surface area contributed by atoms with E-state index in [9.17, 15) is 0 Å². The molecule has 1 saturated carbocycles. The lowest BCUT2D eigenvalue weighted by atomic mass is 9.84. The number of hydrogen-bond donors (Lipinski definition) is 1. The molecule has 1 aliphatic heterocycles. The second-order valence-electron chi connectivity index (χ2n) is 3.55. The lowest BCUT2D eigenvalue weighted by Gasteiger charge is -2.38. The van der Waals surface area contributed by atoms with Crippen LogP contribution in [0.25, 0.3) is 0 Å². The Morgan fingerprint density at radius 1 is 1.18 bits per heavy atom. The van der Waals surface area contributed by atoms with Crippen LogP contribution in [0.5, 0.6) is 0 Å². The quantitative estimate of drug-likeness (QED) is 0.572.